The van der Waals surface area contributed by atoms with Gasteiger partial charge in [-0.05, 0) is 13.0 Å². The lowest BCUT2D eigenvalue weighted by Gasteiger charge is -2.18. The van der Waals surface area contributed by atoms with Gasteiger partial charge in [0.05, 0.1) is 18.1 Å². The van der Waals surface area contributed by atoms with Crippen molar-refractivity contribution in [2.75, 3.05) is 20.3 Å². The van der Waals surface area contributed by atoms with Crippen molar-refractivity contribution < 1.29 is 37.9 Å². The molecule has 2 heterocycles. The molecule has 0 saturated heterocycles. The molecule has 0 aliphatic carbocycles. The van der Waals surface area contributed by atoms with Crippen molar-refractivity contribution in [3.8, 4) is 11.5 Å². The number of carbonyl (C=O) groups excluding carboxylic acids is 2. The Morgan fingerprint density at radius 2 is 1.78 bits per heavy atom. The van der Waals surface area contributed by atoms with E-state index in [0.29, 0.717) is 5.76 Å². The second-order valence-corrected chi connectivity index (χ2v) is 5.52. The number of hydrogen-bond acceptors (Lipinski definition) is 9. The predicted octanol–water partition coefficient (Wildman–Crippen LogP) is 2.41. The molecule has 1 aromatic carbocycles. The minimum Gasteiger partial charge on any atom is -0.486 e. The third-order valence-corrected chi connectivity index (χ3v) is 3.80. The Hall–Kier alpha value is -3.56. The van der Waals surface area contributed by atoms with E-state index >= 15 is 0 Å². The summed E-state index contributed by atoms with van der Waals surface area (Å²) in [6.45, 7) is 1.76. The predicted molar refractivity (Wildman–Crippen MR) is 88.0 cm³/mol. The summed E-state index contributed by atoms with van der Waals surface area (Å²) in [6, 6.07) is 3.71. The fraction of sp³-hybridized carbons (Fsp3) is 0.294. The summed E-state index contributed by atoms with van der Waals surface area (Å²) < 4.78 is 25.7. The zero-order valence-corrected chi connectivity index (χ0v) is 14.5. The number of aryl methyl sites for hydroxylation is 1. The third kappa shape index (κ3) is 3.68. The quantitative estimate of drug-likeness (QED) is 0.438. The van der Waals surface area contributed by atoms with E-state index < -0.39 is 22.5 Å². The van der Waals surface area contributed by atoms with Crippen LogP contribution in [0.3, 0.4) is 0 Å². The SMILES string of the molecule is COC(=O)c1cc(COC(=O)c2cc3c(cc2[N+](=O)[O-])OCCO3)oc1C. The number of furan rings is 1. The summed E-state index contributed by atoms with van der Waals surface area (Å²) in [5.74, 6) is -0.613. The second kappa shape index (κ2) is 7.36. The van der Waals surface area contributed by atoms with E-state index in [4.69, 9.17) is 18.6 Å². The van der Waals surface area contributed by atoms with Gasteiger partial charge < -0.3 is 23.4 Å². The maximum Gasteiger partial charge on any atom is 0.345 e. The monoisotopic (exact) mass is 377 g/mol. The lowest BCUT2D eigenvalue weighted by atomic mass is 10.1. The first-order valence-electron chi connectivity index (χ1n) is 7.83. The van der Waals surface area contributed by atoms with Gasteiger partial charge in [0.25, 0.3) is 5.69 Å². The summed E-state index contributed by atoms with van der Waals surface area (Å²) in [4.78, 5) is 34.5. The minimum atomic E-state index is -0.938. The standard InChI is InChI=1S/C17H15NO9/c1-9-11(16(19)23-2)5-10(27-9)8-26-17(20)12-6-14-15(25-4-3-24-14)7-13(12)18(21)22/h5-7H,3-4,8H2,1-2H3. The molecular formula is C17H15NO9. The summed E-state index contributed by atoms with van der Waals surface area (Å²) in [5.41, 5.74) is -0.537. The maximum atomic E-state index is 12.4. The molecular weight excluding hydrogens is 362 g/mol. The smallest absolute Gasteiger partial charge is 0.345 e. The first-order chi connectivity index (χ1) is 12.9. The lowest BCUT2D eigenvalue weighted by Crippen LogP contribution is -2.17. The van der Waals surface area contributed by atoms with Crippen LogP contribution in [-0.2, 0) is 16.1 Å². The van der Waals surface area contributed by atoms with Crippen molar-refractivity contribution in [3.05, 3.63) is 51.0 Å². The molecule has 0 saturated carbocycles. The number of nitro groups is 1. The van der Waals surface area contributed by atoms with Crippen LogP contribution in [0, 0.1) is 17.0 Å². The molecule has 0 N–H and O–H groups in total. The van der Waals surface area contributed by atoms with E-state index in [1.807, 2.05) is 0 Å². The molecule has 0 unspecified atom stereocenters. The van der Waals surface area contributed by atoms with Gasteiger partial charge in [-0.1, -0.05) is 0 Å². The number of rotatable bonds is 5. The summed E-state index contributed by atoms with van der Waals surface area (Å²) in [6.07, 6.45) is 0. The summed E-state index contributed by atoms with van der Waals surface area (Å²) in [7, 11) is 1.23. The number of esters is 2. The largest absolute Gasteiger partial charge is 0.486 e. The molecule has 0 bridgehead atoms. The van der Waals surface area contributed by atoms with Crippen LogP contribution in [0.5, 0.6) is 11.5 Å². The van der Waals surface area contributed by atoms with Crippen LogP contribution in [0.4, 0.5) is 5.69 Å². The number of methoxy groups -OCH3 is 1. The second-order valence-electron chi connectivity index (χ2n) is 5.52. The number of benzene rings is 1. The highest BCUT2D eigenvalue weighted by Gasteiger charge is 2.28. The Morgan fingerprint density at radius 3 is 2.41 bits per heavy atom. The Morgan fingerprint density at radius 1 is 1.11 bits per heavy atom. The number of nitrogens with zero attached hydrogens (tertiary/aromatic N) is 1. The molecule has 1 aliphatic rings. The van der Waals surface area contributed by atoms with E-state index in [0.717, 1.165) is 6.07 Å². The van der Waals surface area contributed by atoms with Crippen molar-refractivity contribution in [3.63, 3.8) is 0 Å². The van der Waals surface area contributed by atoms with Gasteiger partial charge in [0.1, 0.15) is 42.5 Å². The van der Waals surface area contributed by atoms with Crippen molar-refractivity contribution >= 4 is 17.6 Å². The van der Waals surface area contributed by atoms with E-state index in [9.17, 15) is 19.7 Å². The van der Waals surface area contributed by atoms with E-state index in [-0.39, 0.29) is 48.2 Å². The minimum absolute atomic E-state index is 0.189. The molecule has 10 nitrogen and oxygen atoms in total. The van der Waals surface area contributed by atoms with Crippen LogP contribution in [0.2, 0.25) is 0 Å². The van der Waals surface area contributed by atoms with E-state index in [1.54, 1.807) is 6.92 Å². The highest BCUT2D eigenvalue weighted by Crippen LogP contribution is 2.37. The van der Waals surface area contributed by atoms with Crippen molar-refractivity contribution in [2.45, 2.75) is 13.5 Å². The molecule has 0 radical (unpaired) electrons. The highest BCUT2D eigenvalue weighted by molar-refractivity contribution is 5.95. The van der Waals surface area contributed by atoms with Crippen molar-refractivity contribution in [2.24, 2.45) is 0 Å². The Balaban J connectivity index is 1.80. The van der Waals surface area contributed by atoms with Gasteiger partial charge in [0.2, 0.25) is 0 Å². The van der Waals surface area contributed by atoms with Gasteiger partial charge in [-0.3, -0.25) is 10.1 Å². The molecule has 0 spiro atoms. The first-order valence-corrected chi connectivity index (χ1v) is 7.83. The lowest BCUT2D eigenvalue weighted by molar-refractivity contribution is -0.385. The van der Waals surface area contributed by atoms with Crippen LogP contribution in [-0.4, -0.2) is 37.2 Å². The fourth-order valence-electron chi connectivity index (χ4n) is 2.53. The van der Waals surface area contributed by atoms with Gasteiger partial charge in [-0.25, -0.2) is 9.59 Å². The van der Waals surface area contributed by atoms with Gasteiger partial charge in [-0.2, -0.15) is 0 Å². The Bertz CT molecular complexity index is 915. The van der Waals surface area contributed by atoms with E-state index in [1.165, 1.54) is 19.2 Å². The van der Waals surface area contributed by atoms with Crippen LogP contribution >= 0.6 is 0 Å². The van der Waals surface area contributed by atoms with Gasteiger partial charge in [-0.15, -0.1) is 0 Å². The maximum absolute atomic E-state index is 12.4. The highest BCUT2D eigenvalue weighted by atomic mass is 16.6. The molecule has 0 atom stereocenters. The molecule has 0 amide bonds. The van der Waals surface area contributed by atoms with Gasteiger partial charge in [0, 0.05) is 6.07 Å². The fourth-order valence-corrected chi connectivity index (χ4v) is 2.53. The average molecular weight is 377 g/mol. The molecule has 0 fully saturated rings. The average Bonchev–Trinajstić information content (AvgIpc) is 3.05. The third-order valence-electron chi connectivity index (χ3n) is 3.80. The molecule has 1 aromatic heterocycles. The molecule has 2 aromatic rings. The zero-order valence-electron chi connectivity index (χ0n) is 14.5. The number of ether oxygens (including phenoxy) is 4. The Kier molecular flexibility index (Phi) is 4.97. The number of carbonyl (C=O) groups is 2. The van der Waals surface area contributed by atoms with Gasteiger partial charge in [0.15, 0.2) is 11.5 Å². The van der Waals surface area contributed by atoms with Crippen molar-refractivity contribution in [1.29, 1.82) is 0 Å². The topological polar surface area (TPSA) is 127 Å². The number of hydrogen-bond donors (Lipinski definition) is 0. The van der Waals surface area contributed by atoms with Crippen molar-refractivity contribution in [1.82, 2.24) is 0 Å². The van der Waals surface area contributed by atoms with Crippen LogP contribution in [0.25, 0.3) is 0 Å². The number of nitro benzene ring substituents is 1. The van der Waals surface area contributed by atoms with Crippen LogP contribution in [0.1, 0.15) is 32.2 Å². The van der Waals surface area contributed by atoms with Crippen LogP contribution < -0.4 is 9.47 Å². The summed E-state index contributed by atoms with van der Waals surface area (Å²) in [5, 5.41) is 11.3. The van der Waals surface area contributed by atoms with Crippen LogP contribution in [0.15, 0.2) is 22.6 Å². The van der Waals surface area contributed by atoms with E-state index in [2.05, 4.69) is 4.74 Å². The molecule has 3 rings (SSSR count). The zero-order chi connectivity index (χ0) is 19.6. The molecule has 1 aliphatic heterocycles. The molecule has 10 heteroatoms. The summed E-state index contributed by atoms with van der Waals surface area (Å²) >= 11 is 0. The first kappa shape index (κ1) is 18.2. The number of fused-ring (bicyclic) bond motifs is 1. The van der Waals surface area contributed by atoms with Gasteiger partial charge >= 0.3 is 11.9 Å². The molecule has 142 valence electrons. The molecule has 27 heavy (non-hydrogen) atoms. The Labute approximate surface area is 152 Å². The normalized spacial score (nSPS) is 12.4.